The average Bonchev–Trinajstić information content (AvgIpc) is 2.67. The molecule has 0 spiro atoms. The van der Waals surface area contributed by atoms with E-state index in [1.54, 1.807) is 18.3 Å². The second-order valence-corrected chi connectivity index (χ2v) is 7.01. The lowest BCUT2D eigenvalue weighted by molar-refractivity contribution is -0.121. The van der Waals surface area contributed by atoms with Gasteiger partial charge < -0.3 is 9.84 Å². The van der Waals surface area contributed by atoms with E-state index < -0.39 is 0 Å². The number of aromatic hydroxyl groups is 1. The summed E-state index contributed by atoms with van der Waals surface area (Å²) in [5.41, 5.74) is 3.30. The molecule has 0 saturated heterocycles. The van der Waals surface area contributed by atoms with Crippen LogP contribution in [0, 0.1) is 0 Å². The number of nitrogens with zero attached hydrogens (tertiary/aromatic N) is 1. The quantitative estimate of drug-likeness (QED) is 0.239. The molecule has 0 aliphatic heterocycles. The molecule has 1 rings (SSSR count). The minimum absolute atomic E-state index is 0.0621. The zero-order valence-electron chi connectivity index (χ0n) is 17.0. The Morgan fingerprint density at radius 1 is 1.04 bits per heavy atom. The van der Waals surface area contributed by atoms with Crippen molar-refractivity contribution in [1.29, 1.82) is 0 Å². The van der Waals surface area contributed by atoms with Crippen LogP contribution in [-0.2, 0) is 4.79 Å². The fourth-order valence-electron chi connectivity index (χ4n) is 2.96. The number of unbranched alkanes of at least 4 members (excludes halogenated alkanes) is 10. The van der Waals surface area contributed by atoms with Gasteiger partial charge in [0, 0.05) is 6.42 Å². The third-order valence-corrected chi connectivity index (χ3v) is 4.61. The number of carbonyl (C=O) groups is 1. The van der Waals surface area contributed by atoms with Crippen molar-refractivity contribution in [2.45, 2.75) is 84.0 Å². The molecule has 5 nitrogen and oxygen atoms in total. The van der Waals surface area contributed by atoms with Crippen LogP contribution in [0.1, 0.15) is 89.5 Å². The molecule has 2 N–H and O–H groups in total. The summed E-state index contributed by atoms with van der Waals surface area (Å²) in [7, 11) is 1.49. The highest BCUT2D eigenvalue weighted by Crippen LogP contribution is 2.25. The fraction of sp³-hybridized carbons (Fsp3) is 0.636. The third-order valence-electron chi connectivity index (χ3n) is 4.61. The van der Waals surface area contributed by atoms with Crippen LogP contribution in [-0.4, -0.2) is 24.3 Å². The summed E-state index contributed by atoms with van der Waals surface area (Å²) in [5, 5.41) is 13.5. The number of amides is 1. The fourth-order valence-corrected chi connectivity index (χ4v) is 2.96. The van der Waals surface area contributed by atoms with Crippen molar-refractivity contribution in [3.63, 3.8) is 0 Å². The molecule has 0 aromatic heterocycles. The molecule has 5 heteroatoms. The molecule has 152 valence electrons. The van der Waals surface area contributed by atoms with E-state index in [4.69, 9.17) is 4.74 Å². The minimum Gasteiger partial charge on any atom is -0.504 e. The van der Waals surface area contributed by atoms with E-state index in [2.05, 4.69) is 17.5 Å². The molecule has 1 aromatic carbocycles. The molecular weight excluding hydrogens is 340 g/mol. The summed E-state index contributed by atoms with van der Waals surface area (Å²) in [5.74, 6) is 0.398. The van der Waals surface area contributed by atoms with Crippen molar-refractivity contribution in [3.05, 3.63) is 23.8 Å². The van der Waals surface area contributed by atoms with Gasteiger partial charge in [-0.1, -0.05) is 71.1 Å². The molecule has 27 heavy (non-hydrogen) atoms. The second kappa shape index (κ2) is 15.1. The lowest BCUT2D eigenvalue weighted by Crippen LogP contribution is -2.16. The molecule has 1 aromatic rings. The number of phenols is 1. The maximum atomic E-state index is 11.8. The number of benzene rings is 1. The first kappa shape index (κ1) is 23.0. The van der Waals surface area contributed by atoms with Crippen LogP contribution >= 0.6 is 0 Å². The summed E-state index contributed by atoms with van der Waals surface area (Å²) in [6.07, 6.45) is 16.0. The molecule has 1 amide bonds. The van der Waals surface area contributed by atoms with E-state index >= 15 is 0 Å². The van der Waals surface area contributed by atoms with E-state index in [-0.39, 0.29) is 11.7 Å². The van der Waals surface area contributed by atoms with Gasteiger partial charge in [0.25, 0.3) is 0 Å². The first-order valence-corrected chi connectivity index (χ1v) is 10.4. The van der Waals surface area contributed by atoms with Gasteiger partial charge in [0.2, 0.25) is 5.91 Å². The van der Waals surface area contributed by atoms with Gasteiger partial charge in [-0.15, -0.1) is 0 Å². The van der Waals surface area contributed by atoms with E-state index in [9.17, 15) is 9.90 Å². The maximum Gasteiger partial charge on any atom is 0.240 e. The van der Waals surface area contributed by atoms with Crippen LogP contribution in [0.15, 0.2) is 23.3 Å². The van der Waals surface area contributed by atoms with Crippen LogP contribution in [0.2, 0.25) is 0 Å². The van der Waals surface area contributed by atoms with E-state index in [0.717, 1.165) is 18.4 Å². The van der Waals surface area contributed by atoms with Crippen molar-refractivity contribution in [1.82, 2.24) is 5.43 Å². The molecule has 0 radical (unpaired) electrons. The standard InChI is InChI=1S/C22H36N2O3/c1-3-4-5-6-7-8-9-10-11-12-13-14-22(26)24-23-18-19-15-16-20(25)21(17-19)27-2/h15-18,25H,3-14H2,1-2H3,(H,24,26)/b23-18-. The number of rotatable bonds is 15. The van der Waals surface area contributed by atoms with Gasteiger partial charge in [-0.05, 0) is 30.2 Å². The number of carbonyl (C=O) groups excluding carboxylic acids is 1. The van der Waals surface area contributed by atoms with Gasteiger partial charge in [-0.25, -0.2) is 5.43 Å². The van der Waals surface area contributed by atoms with Crippen molar-refractivity contribution in [2.24, 2.45) is 5.10 Å². The Balaban J connectivity index is 2.03. The van der Waals surface area contributed by atoms with Crippen LogP contribution in [0.5, 0.6) is 11.5 Å². The molecule has 0 atom stereocenters. The minimum atomic E-state index is -0.0621. The number of nitrogens with one attached hydrogen (secondary N) is 1. The Kier molecular flexibility index (Phi) is 12.8. The van der Waals surface area contributed by atoms with Gasteiger partial charge in [0.15, 0.2) is 11.5 Å². The van der Waals surface area contributed by atoms with E-state index in [1.807, 2.05) is 0 Å². The smallest absolute Gasteiger partial charge is 0.240 e. The van der Waals surface area contributed by atoms with E-state index in [1.165, 1.54) is 71.0 Å². The summed E-state index contributed by atoms with van der Waals surface area (Å²) in [6, 6.07) is 4.90. The normalized spacial score (nSPS) is 11.0. The van der Waals surface area contributed by atoms with Crippen LogP contribution in [0.3, 0.4) is 0 Å². The second-order valence-electron chi connectivity index (χ2n) is 7.01. The lowest BCUT2D eigenvalue weighted by atomic mass is 10.1. The maximum absolute atomic E-state index is 11.8. The molecule has 0 bridgehead atoms. The zero-order valence-corrected chi connectivity index (χ0v) is 17.0. The monoisotopic (exact) mass is 376 g/mol. The molecule has 0 saturated carbocycles. The van der Waals surface area contributed by atoms with Crippen molar-refractivity contribution >= 4 is 12.1 Å². The number of hydrazone groups is 1. The Hall–Kier alpha value is -2.04. The third kappa shape index (κ3) is 11.3. The van der Waals surface area contributed by atoms with Gasteiger partial charge in [0.1, 0.15) is 0 Å². The van der Waals surface area contributed by atoms with E-state index in [0.29, 0.717) is 12.2 Å². The summed E-state index contributed by atoms with van der Waals surface area (Å²) in [4.78, 5) is 11.8. The highest BCUT2D eigenvalue weighted by atomic mass is 16.5. The summed E-state index contributed by atoms with van der Waals surface area (Å²) in [6.45, 7) is 2.25. The summed E-state index contributed by atoms with van der Waals surface area (Å²) < 4.78 is 5.04. The molecular formula is C22H36N2O3. The first-order chi connectivity index (χ1) is 13.2. The molecule has 0 aliphatic rings. The van der Waals surface area contributed by atoms with Crippen molar-refractivity contribution < 1.29 is 14.6 Å². The van der Waals surface area contributed by atoms with Crippen LogP contribution < -0.4 is 10.2 Å². The number of ether oxygens (including phenoxy) is 1. The Morgan fingerprint density at radius 3 is 2.22 bits per heavy atom. The number of hydrogen-bond donors (Lipinski definition) is 2. The number of hydrogen-bond acceptors (Lipinski definition) is 4. The predicted octanol–water partition coefficient (Wildman–Crippen LogP) is 5.55. The van der Waals surface area contributed by atoms with Crippen LogP contribution in [0.25, 0.3) is 0 Å². The van der Waals surface area contributed by atoms with Gasteiger partial charge in [-0.2, -0.15) is 5.10 Å². The van der Waals surface area contributed by atoms with Crippen molar-refractivity contribution in [3.8, 4) is 11.5 Å². The average molecular weight is 377 g/mol. The Morgan fingerprint density at radius 2 is 1.63 bits per heavy atom. The number of phenolic OH excluding ortho intramolecular Hbond substituents is 1. The highest BCUT2D eigenvalue weighted by Gasteiger charge is 2.02. The molecule has 0 unspecified atom stereocenters. The van der Waals surface area contributed by atoms with Gasteiger partial charge >= 0.3 is 0 Å². The Bertz CT molecular complexity index is 558. The SMILES string of the molecule is CCCCCCCCCCCCCC(=O)N/N=C\c1ccc(O)c(OC)c1. The van der Waals surface area contributed by atoms with Crippen molar-refractivity contribution in [2.75, 3.05) is 7.11 Å². The number of methoxy groups -OCH3 is 1. The van der Waals surface area contributed by atoms with Gasteiger partial charge in [-0.3, -0.25) is 4.79 Å². The predicted molar refractivity (Wildman–Crippen MR) is 111 cm³/mol. The Labute approximate surface area is 164 Å². The molecule has 0 aliphatic carbocycles. The lowest BCUT2D eigenvalue weighted by Gasteiger charge is -2.04. The first-order valence-electron chi connectivity index (χ1n) is 10.4. The topological polar surface area (TPSA) is 70.9 Å². The van der Waals surface area contributed by atoms with Crippen LogP contribution in [0.4, 0.5) is 0 Å². The highest BCUT2D eigenvalue weighted by molar-refractivity contribution is 5.83. The largest absolute Gasteiger partial charge is 0.504 e. The molecule has 0 heterocycles. The zero-order chi connectivity index (χ0) is 19.7. The summed E-state index contributed by atoms with van der Waals surface area (Å²) >= 11 is 0. The van der Waals surface area contributed by atoms with Gasteiger partial charge in [0.05, 0.1) is 13.3 Å². The molecule has 0 fully saturated rings.